The summed E-state index contributed by atoms with van der Waals surface area (Å²) < 4.78 is 4.84. The lowest BCUT2D eigenvalue weighted by Crippen LogP contribution is -2.08. The average Bonchev–Trinajstić information content (AvgIpc) is 1.66. The molecule has 0 aromatic rings. The SMILES string of the molecule is OC(S)COCCS. The van der Waals surface area contributed by atoms with E-state index in [0.29, 0.717) is 12.4 Å². The van der Waals surface area contributed by atoms with E-state index in [1.54, 1.807) is 0 Å². The molecule has 0 aromatic heterocycles. The van der Waals surface area contributed by atoms with Gasteiger partial charge in [0.05, 0.1) is 13.2 Å². The zero-order valence-corrected chi connectivity index (χ0v) is 6.24. The quantitative estimate of drug-likeness (QED) is 0.306. The van der Waals surface area contributed by atoms with E-state index >= 15 is 0 Å². The Morgan fingerprint density at radius 1 is 1.62 bits per heavy atom. The first kappa shape index (κ1) is 8.62. The van der Waals surface area contributed by atoms with Crippen LogP contribution >= 0.6 is 25.3 Å². The van der Waals surface area contributed by atoms with Crippen LogP contribution in [-0.2, 0) is 4.74 Å². The molecule has 0 rings (SSSR count). The van der Waals surface area contributed by atoms with E-state index in [0.717, 1.165) is 0 Å². The second-order valence-electron chi connectivity index (χ2n) is 1.28. The highest BCUT2D eigenvalue weighted by Gasteiger charge is 1.92. The number of rotatable bonds is 4. The molecule has 0 saturated heterocycles. The predicted molar refractivity (Wildman–Crippen MR) is 39.7 cm³/mol. The first-order valence-corrected chi connectivity index (χ1v) is 3.47. The summed E-state index contributed by atoms with van der Waals surface area (Å²) >= 11 is 7.57. The standard InChI is InChI=1S/C4H10O2S2/c5-4(8)3-6-1-2-7/h4-5,7-8H,1-3H2. The van der Waals surface area contributed by atoms with Crippen LogP contribution in [0.5, 0.6) is 0 Å². The topological polar surface area (TPSA) is 29.5 Å². The highest BCUT2D eigenvalue weighted by molar-refractivity contribution is 7.80. The van der Waals surface area contributed by atoms with Gasteiger partial charge in [0.15, 0.2) is 0 Å². The Kier molecular flexibility index (Phi) is 6.20. The molecule has 0 aromatic carbocycles. The predicted octanol–water partition coefficient (Wildman–Crippen LogP) is 0.181. The first-order valence-electron chi connectivity index (χ1n) is 2.32. The molecule has 1 atom stereocenters. The van der Waals surface area contributed by atoms with Crippen LogP contribution in [-0.4, -0.2) is 29.5 Å². The van der Waals surface area contributed by atoms with Crippen LogP contribution in [0.1, 0.15) is 0 Å². The Labute approximate surface area is 60.1 Å². The summed E-state index contributed by atoms with van der Waals surface area (Å²) in [7, 11) is 0. The van der Waals surface area contributed by atoms with Crippen molar-refractivity contribution < 1.29 is 9.84 Å². The van der Waals surface area contributed by atoms with Gasteiger partial charge in [-0.2, -0.15) is 12.6 Å². The van der Waals surface area contributed by atoms with Gasteiger partial charge < -0.3 is 9.84 Å². The molecule has 4 heteroatoms. The molecule has 0 aliphatic rings. The summed E-state index contributed by atoms with van der Waals surface area (Å²) in [4.78, 5) is 0. The second-order valence-corrected chi connectivity index (χ2v) is 2.32. The summed E-state index contributed by atoms with van der Waals surface area (Å²) in [5, 5.41) is 8.49. The lowest BCUT2D eigenvalue weighted by molar-refractivity contribution is 0.0884. The molecule has 50 valence electrons. The van der Waals surface area contributed by atoms with E-state index in [-0.39, 0.29) is 6.61 Å². The Morgan fingerprint density at radius 2 is 2.25 bits per heavy atom. The van der Waals surface area contributed by atoms with Gasteiger partial charge >= 0.3 is 0 Å². The third kappa shape index (κ3) is 6.62. The van der Waals surface area contributed by atoms with Crippen molar-refractivity contribution in [3.63, 3.8) is 0 Å². The van der Waals surface area contributed by atoms with Gasteiger partial charge in [-0.15, -0.1) is 12.6 Å². The van der Waals surface area contributed by atoms with Gasteiger partial charge in [-0.25, -0.2) is 0 Å². The molecule has 0 amide bonds. The van der Waals surface area contributed by atoms with Crippen molar-refractivity contribution in [2.45, 2.75) is 5.44 Å². The molecular formula is C4H10O2S2. The molecule has 0 heterocycles. The molecule has 0 aliphatic heterocycles. The monoisotopic (exact) mass is 154 g/mol. The van der Waals surface area contributed by atoms with E-state index in [4.69, 9.17) is 9.84 Å². The lowest BCUT2D eigenvalue weighted by Gasteiger charge is -2.01. The average molecular weight is 154 g/mol. The molecule has 0 spiro atoms. The summed E-state index contributed by atoms with van der Waals surface area (Å²) in [6, 6.07) is 0. The van der Waals surface area contributed by atoms with E-state index in [1.807, 2.05) is 0 Å². The van der Waals surface area contributed by atoms with Crippen molar-refractivity contribution in [3.8, 4) is 0 Å². The van der Waals surface area contributed by atoms with Crippen molar-refractivity contribution in [1.82, 2.24) is 0 Å². The zero-order chi connectivity index (χ0) is 6.41. The highest BCUT2D eigenvalue weighted by atomic mass is 32.1. The molecule has 1 unspecified atom stereocenters. The van der Waals surface area contributed by atoms with E-state index in [2.05, 4.69) is 25.3 Å². The minimum absolute atomic E-state index is 0.281. The van der Waals surface area contributed by atoms with Crippen LogP contribution in [0.15, 0.2) is 0 Å². The summed E-state index contributed by atoms with van der Waals surface area (Å²) in [5.41, 5.74) is -0.658. The second kappa shape index (κ2) is 5.75. The van der Waals surface area contributed by atoms with Crippen LogP contribution in [0.2, 0.25) is 0 Å². The van der Waals surface area contributed by atoms with E-state index < -0.39 is 5.44 Å². The van der Waals surface area contributed by atoms with Crippen LogP contribution in [0.3, 0.4) is 0 Å². The van der Waals surface area contributed by atoms with Crippen molar-refractivity contribution >= 4 is 25.3 Å². The van der Waals surface area contributed by atoms with Crippen molar-refractivity contribution in [2.24, 2.45) is 0 Å². The Bertz CT molecular complexity index is 49.3. The van der Waals surface area contributed by atoms with Crippen molar-refractivity contribution in [1.29, 1.82) is 0 Å². The molecule has 0 radical (unpaired) electrons. The highest BCUT2D eigenvalue weighted by Crippen LogP contribution is 1.88. The summed E-state index contributed by atoms with van der Waals surface area (Å²) in [6.45, 7) is 0.852. The smallest absolute Gasteiger partial charge is 0.120 e. The summed E-state index contributed by atoms with van der Waals surface area (Å²) in [5.74, 6) is 0.681. The van der Waals surface area contributed by atoms with Gasteiger partial charge in [0.2, 0.25) is 0 Å². The minimum atomic E-state index is -0.658. The summed E-state index contributed by atoms with van der Waals surface area (Å²) in [6.07, 6.45) is 0. The fourth-order valence-corrected chi connectivity index (χ4v) is 0.488. The molecule has 2 nitrogen and oxygen atoms in total. The molecule has 0 bridgehead atoms. The maximum absolute atomic E-state index is 8.49. The maximum atomic E-state index is 8.49. The number of aliphatic hydroxyl groups is 1. The van der Waals surface area contributed by atoms with Gasteiger partial charge in [-0.3, -0.25) is 0 Å². The molecular weight excluding hydrogens is 144 g/mol. The third-order valence-corrected chi connectivity index (χ3v) is 0.834. The fraction of sp³-hybridized carbons (Fsp3) is 1.00. The van der Waals surface area contributed by atoms with Gasteiger partial charge in [-0.05, 0) is 0 Å². The number of ether oxygens (including phenoxy) is 1. The number of hydrogen-bond donors (Lipinski definition) is 3. The van der Waals surface area contributed by atoms with Crippen LogP contribution in [0, 0.1) is 0 Å². The molecule has 0 aliphatic carbocycles. The van der Waals surface area contributed by atoms with E-state index in [1.165, 1.54) is 0 Å². The maximum Gasteiger partial charge on any atom is 0.120 e. The normalized spacial score (nSPS) is 13.9. The Balaban J connectivity index is 2.72. The van der Waals surface area contributed by atoms with Crippen molar-refractivity contribution in [3.05, 3.63) is 0 Å². The first-order chi connectivity index (χ1) is 3.77. The molecule has 8 heavy (non-hydrogen) atoms. The zero-order valence-electron chi connectivity index (χ0n) is 4.45. The Morgan fingerprint density at radius 3 is 2.62 bits per heavy atom. The Hall–Kier alpha value is 0.620. The fourth-order valence-electron chi connectivity index (χ4n) is 0.253. The molecule has 0 saturated carbocycles. The minimum Gasteiger partial charge on any atom is -0.380 e. The molecule has 0 fully saturated rings. The van der Waals surface area contributed by atoms with Gasteiger partial charge in [0.1, 0.15) is 5.44 Å². The van der Waals surface area contributed by atoms with Crippen LogP contribution < -0.4 is 0 Å². The van der Waals surface area contributed by atoms with Gasteiger partial charge in [-0.1, -0.05) is 0 Å². The van der Waals surface area contributed by atoms with Gasteiger partial charge in [0, 0.05) is 5.75 Å². The van der Waals surface area contributed by atoms with E-state index in [9.17, 15) is 0 Å². The largest absolute Gasteiger partial charge is 0.380 e. The molecule has 1 N–H and O–H groups in total. The van der Waals surface area contributed by atoms with Crippen LogP contribution in [0.4, 0.5) is 0 Å². The third-order valence-electron chi connectivity index (χ3n) is 0.503. The lowest BCUT2D eigenvalue weighted by atomic mass is 10.7. The number of thiol groups is 2. The van der Waals surface area contributed by atoms with Crippen molar-refractivity contribution in [2.75, 3.05) is 19.0 Å². The number of aliphatic hydroxyl groups excluding tert-OH is 1. The van der Waals surface area contributed by atoms with Crippen LogP contribution in [0.25, 0.3) is 0 Å². The number of hydrogen-bond acceptors (Lipinski definition) is 4. The van der Waals surface area contributed by atoms with Gasteiger partial charge in [0.25, 0.3) is 0 Å².